The predicted octanol–water partition coefficient (Wildman–Crippen LogP) is 2.11. The molecule has 0 unspecified atom stereocenters. The van der Waals surface area contributed by atoms with Crippen LogP contribution < -0.4 is 0 Å². The minimum Gasteiger partial charge on any atom is -0.342 e. The number of likely N-dealkylation sites (tertiary alicyclic amines) is 3. The van der Waals surface area contributed by atoms with Crippen LogP contribution in [0.1, 0.15) is 57.8 Å². The lowest BCUT2D eigenvalue weighted by Crippen LogP contribution is -2.47. The Morgan fingerprint density at radius 2 is 1.17 bits per heavy atom. The molecule has 5 nitrogen and oxygen atoms in total. The summed E-state index contributed by atoms with van der Waals surface area (Å²) in [6.07, 6.45) is 10.2. The Kier molecular flexibility index (Phi) is 6.52. The van der Waals surface area contributed by atoms with Crippen LogP contribution in [0.25, 0.3) is 0 Å². The van der Waals surface area contributed by atoms with Gasteiger partial charge in [0, 0.05) is 32.1 Å². The van der Waals surface area contributed by atoms with Gasteiger partial charge < -0.3 is 9.80 Å². The quantitative estimate of drug-likeness (QED) is 0.793. The molecule has 5 heteroatoms. The van der Waals surface area contributed by atoms with E-state index in [1.165, 1.54) is 19.3 Å². The van der Waals surface area contributed by atoms with Crippen molar-refractivity contribution in [3.05, 3.63) is 0 Å². The van der Waals surface area contributed by atoms with Crippen LogP contribution in [0.5, 0.6) is 0 Å². The number of hydrogen-bond donors (Lipinski definition) is 0. The molecule has 3 rings (SSSR count). The van der Waals surface area contributed by atoms with E-state index in [1.54, 1.807) is 0 Å². The highest BCUT2D eigenvalue weighted by Crippen LogP contribution is 2.22. The first-order valence-electron chi connectivity index (χ1n) is 10.0. The third kappa shape index (κ3) is 4.71. The monoisotopic (exact) mass is 335 g/mol. The number of carbonyl (C=O) groups is 2. The molecular formula is C19H33N3O2. The summed E-state index contributed by atoms with van der Waals surface area (Å²) in [6.45, 7) is 6.10. The van der Waals surface area contributed by atoms with Crippen molar-refractivity contribution in [1.29, 1.82) is 0 Å². The first-order valence-corrected chi connectivity index (χ1v) is 10.0. The SMILES string of the molecule is O=C(CN1CCC(C(=O)N2CCCCC2)CC1)N1CCCCCC1. The molecule has 3 heterocycles. The summed E-state index contributed by atoms with van der Waals surface area (Å²) in [5, 5.41) is 0. The van der Waals surface area contributed by atoms with E-state index < -0.39 is 0 Å². The summed E-state index contributed by atoms with van der Waals surface area (Å²) >= 11 is 0. The Hall–Kier alpha value is -1.10. The van der Waals surface area contributed by atoms with E-state index in [4.69, 9.17) is 0 Å². The lowest BCUT2D eigenvalue weighted by Gasteiger charge is -2.36. The highest BCUT2D eigenvalue weighted by atomic mass is 16.2. The van der Waals surface area contributed by atoms with Crippen LogP contribution in [-0.2, 0) is 9.59 Å². The van der Waals surface area contributed by atoms with Gasteiger partial charge in [-0.05, 0) is 58.0 Å². The molecule has 0 saturated carbocycles. The molecule has 0 N–H and O–H groups in total. The zero-order valence-corrected chi connectivity index (χ0v) is 15.0. The average molecular weight is 335 g/mol. The van der Waals surface area contributed by atoms with Gasteiger partial charge in [-0.1, -0.05) is 12.8 Å². The molecule has 0 aromatic rings. The third-order valence-electron chi connectivity index (χ3n) is 5.92. The fourth-order valence-corrected chi connectivity index (χ4v) is 4.32. The molecule has 136 valence electrons. The zero-order valence-electron chi connectivity index (χ0n) is 15.0. The second-order valence-electron chi connectivity index (χ2n) is 7.73. The molecule has 0 atom stereocenters. The van der Waals surface area contributed by atoms with Gasteiger partial charge in [-0.15, -0.1) is 0 Å². The van der Waals surface area contributed by atoms with Crippen LogP contribution in [0.4, 0.5) is 0 Å². The number of carbonyl (C=O) groups excluding carboxylic acids is 2. The Balaban J connectivity index is 1.41. The second-order valence-corrected chi connectivity index (χ2v) is 7.73. The molecule has 0 aliphatic carbocycles. The number of amides is 2. The molecule has 3 aliphatic rings. The summed E-state index contributed by atoms with van der Waals surface area (Å²) < 4.78 is 0. The van der Waals surface area contributed by atoms with Gasteiger partial charge in [-0.3, -0.25) is 14.5 Å². The van der Waals surface area contributed by atoms with Crippen LogP contribution in [0.3, 0.4) is 0 Å². The fourth-order valence-electron chi connectivity index (χ4n) is 4.32. The van der Waals surface area contributed by atoms with Crippen molar-refractivity contribution in [3.63, 3.8) is 0 Å². The summed E-state index contributed by atoms with van der Waals surface area (Å²) in [5.74, 6) is 0.846. The molecular weight excluding hydrogens is 302 g/mol. The van der Waals surface area contributed by atoms with Crippen LogP contribution in [0.2, 0.25) is 0 Å². The Bertz CT molecular complexity index is 418. The maximum absolute atomic E-state index is 12.6. The normalized spacial score (nSPS) is 24.7. The number of piperidine rings is 2. The van der Waals surface area contributed by atoms with E-state index in [0.29, 0.717) is 12.5 Å². The highest BCUT2D eigenvalue weighted by Gasteiger charge is 2.30. The zero-order chi connectivity index (χ0) is 16.8. The highest BCUT2D eigenvalue weighted by molar-refractivity contribution is 5.79. The number of hydrogen-bond acceptors (Lipinski definition) is 3. The van der Waals surface area contributed by atoms with Crippen LogP contribution in [-0.4, -0.2) is 72.3 Å². The van der Waals surface area contributed by atoms with Crippen LogP contribution >= 0.6 is 0 Å². The van der Waals surface area contributed by atoms with Crippen LogP contribution in [0, 0.1) is 5.92 Å². The third-order valence-corrected chi connectivity index (χ3v) is 5.92. The largest absolute Gasteiger partial charge is 0.342 e. The summed E-state index contributed by atoms with van der Waals surface area (Å²) in [7, 11) is 0. The Morgan fingerprint density at radius 1 is 0.667 bits per heavy atom. The molecule has 24 heavy (non-hydrogen) atoms. The van der Waals surface area contributed by atoms with Gasteiger partial charge in [0.15, 0.2) is 0 Å². The van der Waals surface area contributed by atoms with Gasteiger partial charge >= 0.3 is 0 Å². The average Bonchev–Trinajstić information content (AvgIpc) is 2.92. The molecule has 0 radical (unpaired) electrons. The van der Waals surface area contributed by atoms with E-state index in [2.05, 4.69) is 14.7 Å². The molecule has 0 bridgehead atoms. The minimum absolute atomic E-state index is 0.188. The summed E-state index contributed by atoms with van der Waals surface area (Å²) in [4.78, 5) is 31.5. The van der Waals surface area contributed by atoms with Crippen molar-refractivity contribution < 1.29 is 9.59 Å². The van der Waals surface area contributed by atoms with Gasteiger partial charge in [0.25, 0.3) is 0 Å². The van der Waals surface area contributed by atoms with E-state index in [0.717, 1.165) is 77.8 Å². The molecule has 0 aromatic heterocycles. The Morgan fingerprint density at radius 3 is 1.75 bits per heavy atom. The van der Waals surface area contributed by atoms with Crippen molar-refractivity contribution in [1.82, 2.24) is 14.7 Å². The van der Waals surface area contributed by atoms with Crippen molar-refractivity contribution >= 4 is 11.8 Å². The van der Waals surface area contributed by atoms with Gasteiger partial charge in [0.1, 0.15) is 0 Å². The van der Waals surface area contributed by atoms with E-state index in [-0.39, 0.29) is 11.8 Å². The Labute approximate surface area is 146 Å². The predicted molar refractivity (Wildman–Crippen MR) is 94.6 cm³/mol. The van der Waals surface area contributed by atoms with Gasteiger partial charge in [0.05, 0.1) is 6.54 Å². The van der Waals surface area contributed by atoms with Crippen molar-refractivity contribution in [2.24, 2.45) is 5.92 Å². The van der Waals surface area contributed by atoms with E-state index in [1.807, 2.05) is 0 Å². The second kappa shape index (κ2) is 8.84. The van der Waals surface area contributed by atoms with Crippen molar-refractivity contribution in [2.45, 2.75) is 57.8 Å². The molecule has 3 fully saturated rings. The summed E-state index contributed by atoms with van der Waals surface area (Å²) in [6, 6.07) is 0. The number of rotatable bonds is 3. The lowest BCUT2D eigenvalue weighted by atomic mass is 9.94. The molecule has 0 aromatic carbocycles. The smallest absolute Gasteiger partial charge is 0.236 e. The first-order chi connectivity index (χ1) is 11.7. The van der Waals surface area contributed by atoms with Crippen molar-refractivity contribution in [3.8, 4) is 0 Å². The van der Waals surface area contributed by atoms with E-state index >= 15 is 0 Å². The number of nitrogens with zero attached hydrogens (tertiary/aromatic N) is 3. The maximum Gasteiger partial charge on any atom is 0.236 e. The van der Waals surface area contributed by atoms with Crippen molar-refractivity contribution in [2.75, 3.05) is 45.8 Å². The van der Waals surface area contributed by atoms with Gasteiger partial charge in [0.2, 0.25) is 11.8 Å². The van der Waals surface area contributed by atoms with E-state index in [9.17, 15) is 9.59 Å². The van der Waals surface area contributed by atoms with Gasteiger partial charge in [-0.2, -0.15) is 0 Å². The molecule has 3 saturated heterocycles. The maximum atomic E-state index is 12.6. The topological polar surface area (TPSA) is 43.9 Å². The fraction of sp³-hybridized carbons (Fsp3) is 0.895. The summed E-state index contributed by atoms with van der Waals surface area (Å²) in [5.41, 5.74) is 0. The molecule has 0 spiro atoms. The minimum atomic E-state index is 0.188. The lowest BCUT2D eigenvalue weighted by molar-refractivity contribution is -0.138. The molecule has 3 aliphatic heterocycles. The van der Waals surface area contributed by atoms with Crippen LogP contribution in [0.15, 0.2) is 0 Å². The standard InChI is InChI=1S/C19H33N3O2/c23-18(21-10-4-1-2-5-11-21)16-20-14-8-17(9-15-20)19(24)22-12-6-3-7-13-22/h17H,1-16H2. The molecule has 2 amide bonds. The van der Waals surface area contributed by atoms with Gasteiger partial charge in [-0.25, -0.2) is 0 Å². The first kappa shape index (κ1) is 17.7.